The maximum absolute atomic E-state index is 4.16. The van der Waals surface area contributed by atoms with Crippen LogP contribution in [0.5, 0.6) is 0 Å². The predicted octanol–water partition coefficient (Wildman–Crippen LogP) is 4.76. The summed E-state index contributed by atoms with van der Waals surface area (Å²) >= 11 is 0. The molecule has 0 amide bonds. The fourth-order valence-electron chi connectivity index (χ4n) is 3.21. The molecule has 0 aromatic heterocycles. The third-order valence-electron chi connectivity index (χ3n) is 4.09. The van der Waals surface area contributed by atoms with E-state index in [2.05, 4.69) is 44.1 Å². The summed E-state index contributed by atoms with van der Waals surface area (Å²) in [4.78, 5) is 2.57. The van der Waals surface area contributed by atoms with Crippen LogP contribution < -0.4 is 0 Å². The minimum atomic E-state index is 1.04. The molecule has 0 saturated carbocycles. The Bertz CT molecular complexity index is 474. The van der Waals surface area contributed by atoms with E-state index in [4.69, 9.17) is 0 Å². The van der Waals surface area contributed by atoms with Crippen molar-refractivity contribution in [2.75, 3.05) is 13.1 Å². The Morgan fingerprint density at radius 2 is 1.89 bits per heavy atom. The molecule has 0 unspecified atom stereocenters. The fraction of sp³-hybridized carbons (Fsp3) is 0.444. The van der Waals surface area contributed by atoms with Crippen molar-refractivity contribution in [3.05, 3.63) is 59.4 Å². The van der Waals surface area contributed by atoms with E-state index in [9.17, 15) is 0 Å². The van der Waals surface area contributed by atoms with Crippen LogP contribution in [0.25, 0.3) is 0 Å². The van der Waals surface area contributed by atoms with Gasteiger partial charge >= 0.3 is 0 Å². The van der Waals surface area contributed by atoms with Crippen molar-refractivity contribution in [1.29, 1.82) is 0 Å². The van der Waals surface area contributed by atoms with Gasteiger partial charge in [-0.3, -0.25) is 0 Å². The lowest BCUT2D eigenvalue weighted by Crippen LogP contribution is -2.34. The molecule has 2 aliphatic rings. The Hall–Kier alpha value is -1.50. The smallest absolute Gasteiger partial charge is 0.0394 e. The first-order valence-corrected chi connectivity index (χ1v) is 7.31. The molecule has 2 aliphatic heterocycles. The van der Waals surface area contributed by atoms with Crippen molar-refractivity contribution in [3.8, 4) is 0 Å². The Morgan fingerprint density at radius 3 is 2.53 bits per heavy atom. The molecule has 1 nitrogen and oxygen atoms in total. The van der Waals surface area contributed by atoms with Crippen LogP contribution in [-0.2, 0) is 0 Å². The monoisotopic (exact) mass is 255 g/mol. The first-order valence-electron chi connectivity index (χ1n) is 7.31. The summed E-state index contributed by atoms with van der Waals surface area (Å²) in [6.07, 6.45) is 11.1. The summed E-state index contributed by atoms with van der Waals surface area (Å²) in [5.41, 5.74) is 6.83. The molecule has 0 atom stereocenters. The summed E-state index contributed by atoms with van der Waals surface area (Å²) in [5.74, 6) is 0. The Morgan fingerprint density at radius 1 is 1.21 bits per heavy atom. The van der Waals surface area contributed by atoms with Gasteiger partial charge in [0, 0.05) is 18.8 Å². The van der Waals surface area contributed by atoms with Crippen molar-refractivity contribution in [2.45, 2.75) is 39.5 Å². The normalized spacial score (nSPS) is 22.5. The average Bonchev–Trinajstić information content (AvgIpc) is 2.44. The lowest BCUT2D eigenvalue weighted by atomic mass is 9.86. The highest BCUT2D eigenvalue weighted by Crippen LogP contribution is 2.37. The van der Waals surface area contributed by atoms with Crippen LogP contribution in [-0.4, -0.2) is 18.0 Å². The van der Waals surface area contributed by atoms with Gasteiger partial charge in [-0.1, -0.05) is 31.4 Å². The third kappa shape index (κ3) is 2.75. The summed E-state index contributed by atoms with van der Waals surface area (Å²) in [6, 6.07) is 0. The maximum Gasteiger partial charge on any atom is 0.0394 e. The van der Waals surface area contributed by atoms with Gasteiger partial charge < -0.3 is 4.90 Å². The van der Waals surface area contributed by atoms with Gasteiger partial charge in [-0.05, 0) is 61.8 Å². The van der Waals surface area contributed by atoms with Crippen molar-refractivity contribution in [2.24, 2.45) is 0 Å². The molecule has 0 aromatic carbocycles. The zero-order chi connectivity index (χ0) is 13.8. The molecule has 1 heteroatoms. The highest BCUT2D eigenvalue weighted by molar-refractivity contribution is 5.54. The van der Waals surface area contributed by atoms with Gasteiger partial charge in [-0.2, -0.15) is 0 Å². The van der Waals surface area contributed by atoms with E-state index in [1.54, 1.807) is 5.57 Å². The second-order valence-corrected chi connectivity index (χ2v) is 5.44. The first-order chi connectivity index (χ1) is 9.19. The summed E-state index contributed by atoms with van der Waals surface area (Å²) in [7, 11) is 0. The van der Waals surface area contributed by atoms with Gasteiger partial charge in [0.15, 0.2) is 0 Å². The number of allylic oxidation sites excluding steroid dienone is 7. The highest BCUT2D eigenvalue weighted by Gasteiger charge is 2.26. The summed E-state index contributed by atoms with van der Waals surface area (Å²) in [6.45, 7) is 14.8. The molecule has 0 radical (unpaired) electrons. The molecule has 19 heavy (non-hydrogen) atoms. The third-order valence-corrected chi connectivity index (χ3v) is 4.09. The van der Waals surface area contributed by atoms with Crippen LogP contribution in [0.3, 0.4) is 0 Å². The van der Waals surface area contributed by atoms with E-state index in [1.807, 2.05) is 6.08 Å². The largest absolute Gasteiger partial charge is 0.371 e. The zero-order valence-corrected chi connectivity index (χ0v) is 12.3. The SMILES string of the molecule is C=CC(=C)C(/C=C\C)=C1/CCCN2CCCC(C)=C12. The summed E-state index contributed by atoms with van der Waals surface area (Å²) in [5, 5.41) is 0. The standard InChI is InChI=1S/C18H25N/c1-5-9-16(14(3)6-2)17-11-8-13-19-12-7-10-15(4)18(17)19/h5-6,9H,2-3,7-8,10-13H2,1,4H3/b9-5-,17-16-. The number of fused-ring (bicyclic) bond motifs is 1. The maximum atomic E-state index is 4.16. The second kappa shape index (κ2) is 6.10. The first kappa shape index (κ1) is 13.9. The minimum Gasteiger partial charge on any atom is -0.371 e. The second-order valence-electron chi connectivity index (χ2n) is 5.44. The van der Waals surface area contributed by atoms with E-state index in [0.29, 0.717) is 0 Å². The van der Waals surface area contributed by atoms with Crippen molar-refractivity contribution >= 4 is 0 Å². The highest BCUT2D eigenvalue weighted by atomic mass is 15.1. The molecule has 1 fully saturated rings. The molecule has 0 aliphatic carbocycles. The lowest BCUT2D eigenvalue weighted by molar-refractivity contribution is 0.295. The molecule has 1 saturated heterocycles. The topological polar surface area (TPSA) is 3.24 Å². The Balaban J connectivity index is 2.55. The molecule has 0 spiro atoms. The van der Waals surface area contributed by atoms with Crippen LogP contribution in [0, 0.1) is 0 Å². The molecule has 0 N–H and O–H groups in total. The molecule has 0 bridgehead atoms. The Kier molecular flexibility index (Phi) is 4.47. The molecule has 2 rings (SSSR count). The summed E-state index contributed by atoms with van der Waals surface area (Å²) < 4.78 is 0. The average molecular weight is 255 g/mol. The van der Waals surface area contributed by atoms with Gasteiger partial charge in [0.25, 0.3) is 0 Å². The van der Waals surface area contributed by atoms with Crippen LogP contribution in [0.1, 0.15) is 39.5 Å². The number of hydrogen-bond acceptors (Lipinski definition) is 1. The van der Waals surface area contributed by atoms with Crippen LogP contribution in [0.15, 0.2) is 59.4 Å². The fourth-order valence-corrected chi connectivity index (χ4v) is 3.21. The lowest BCUT2D eigenvalue weighted by Gasteiger charge is -2.39. The molecule has 0 aromatic rings. The van der Waals surface area contributed by atoms with Crippen LogP contribution in [0.2, 0.25) is 0 Å². The predicted molar refractivity (Wildman–Crippen MR) is 83.9 cm³/mol. The van der Waals surface area contributed by atoms with E-state index in [1.165, 1.54) is 49.2 Å². The van der Waals surface area contributed by atoms with Gasteiger partial charge in [-0.25, -0.2) is 0 Å². The number of piperidine rings is 1. The molecular weight excluding hydrogens is 230 g/mol. The van der Waals surface area contributed by atoms with Crippen LogP contribution >= 0.6 is 0 Å². The van der Waals surface area contributed by atoms with Crippen LogP contribution in [0.4, 0.5) is 0 Å². The quantitative estimate of drug-likeness (QED) is 0.657. The van der Waals surface area contributed by atoms with Crippen molar-refractivity contribution in [3.63, 3.8) is 0 Å². The number of nitrogens with zero attached hydrogens (tertiary/aromatic N) is 1. The number of hydrogen-bond donors (Lipinski definition) is 0. The van der Waals surface area contributed by atoms with E-state index < -0.39 is 0 Å². The number of rotatable bonds is 3. The van der Waals surface area contributed by atoms with E-state index in [0.717, 1.165) is 12.0 Å². The molecule has 2 heterocycles. The van der Waals surface area contributed by atoms with Crippen molar-refractivity contribution in [1.82, 2.24) is 4.90 Å². The van der Waals surface area contributed by atoms with Gasteiger partial charge in [-0.15, -0.1) is 0 Å². The van der Waals surface area contributed by atoms with Gasteiger partial charge in [0.05, 0.1) is 0 Å². The van der Waals surface area contributed by atoms with Gasteiger partial charge in [0.2, 0.25) is 0 Å². The molecule has 102 valence electrons. The van der Waals surface area contributed by atoms with E-state index >= 15 is 0 Å². The molecular formula is C18H25N. The van der Waals surface area contributed by atoms with Crippen molar-refractivity contribution < 1.29 is 0 Å². The zero-order valence-electron chi connectivity index (χ0n) is 12.3. The Labute approximate surface area is 117 Å². The van der Waals surface area contributed by atoms with Gasteiger partial charge in [0.1, 0.15) is 0 Å². The van der Waals surface area contributed by atoms with E-state index in [-0.39, 0.29) is 0 Å². The minimum absolute atomic E-state index is 1.04.